The molecule has 0 aromatic rings. The normalized spacial score (nSPS) is 0.842. The standard InChI is InChI=1S/8CN.2Pt.Th/c8*1-2;;;/q8*-1;2*+2;+4. The zero-order valence-electron chi connectivity index (χ0n) is 8.71. The van der Waals surface area contributed by atoms with Crippen molar-refractivity contribution in [3.63, 3.8) is 0 Å². The Kier molecular flexibility index (Phi) is 12500. The second-order valence-corrected chi connectivity index (χ2v) is 0. The molecule has 0 atom stereocenters. The molecule has 0 radical (unpaired) electrons. The predicted molar refractivity (Wildman–Crippen MR) is 39.7 cm³/mol. The van der Waals surface area contributed by atoms with E-state index in [-0.39, 0.29) is 82.1 Å². The molecule has 0 aliphatic heterocycles. The molecule has 0 amide bonds. The van der Waals surface area contributed by atoms with Gasteiger partial charge in [-0.15, -0.1) is 0 Å². The second kappa shape index (κ2) is 2130. The molecular weight excluding hydrogens is 830 g/mol. The van der Waals surface area contributed by atoms with E-state index in [4.69, 9.17) is 94.7 Å². The Morgan fingerprint density at radius 3 is 0.263 bits per heavy atom. The minimum Gasteiger partial charge on any atom is -0.512 e. The van der Waals surface area contributed by atoms with Crippen LogP contribution in [0, 0.1) is 135 Å². The average molecular weight is 830 g/mol. The van der Waals surface area contributed by atoms with Crippen LogP contribution in [0.15, 0.2) is 0 Å². The topological polar surface area (TPSA) is 190 Å². The van der Waals surface area contributed by atoms with Gasteiger partial charge in [0.1, 0.15) is 0 Å². The van der Waals surface area contributed by atoms with Gasteiger partial charge in [0.2, 0.25) is 0 Å². The molecule has 0 saturated carbocycles. The van der Waals surface area contributed by atoms with Crippen LogP contribution in [0.25, 0.3) is 0 Å². The minimum absolute atomic E-state index is 0. The third-order valence-corrected chi connectivity index (χ3v) is 0. The molecule has 0 spiro atoms. The number of nitrogens with zero attached hydrogens (tertiary/aromatic N) is 8. The number of hydrogen-bond acceptors (Lipinski definition) is 8. The van der Waals surface area contributed by atoms with Crippen LogP contribution in [0.1, 0.15) is 0 Å². The van der Waals surface area contributed by atoms with Crippen molar-refractivity contribution in [2.45, 2.75) is 0 Å². The molecule has 0 aliphatic rings. The van der Waals surface area contributed by atoms with Crippen molar-refractivity contribution in [2.24, 2.45) is 0 Å². The molecule has 8 nitrogen and oxygen atoms in total. The Hall–Kier alpha value is -1.38. The average Bonchev–Trinajstić information content (AvgIpc) is 2.54. The molecule has 0 fully saturated rings. The van der Waals surface area contributed by atoms with Gasteiger partial charge in [0.05, 0.1) is 0 Å². The van der Waals surface area contributed by atoms with E-state index in [9.17, 15) is 0 Å². The Bertz CT molecular complexity index is 141. The summed E-state index contributed by atoms with van der Waals surface area (Å²) in [5.74, 6) is 0. The molecule has 0 heterocycles. The monoisotopic (exact) mass is 830 g/mol. The van der Waals surface area contributed by atoms with Crippen molar-refractivity contribution in [1.82, 2.24) is 0 Å². The quantitative estimate of drug-likeness (QED) is 0.320. The van der Waals surface area contributed by atoms with E-state index in [2.05, 4.69) is 0 Å². The smallest absolute Gasteiger partial charge is 0.512 e. The minimum atomic E-state index is 0. The maximum absolute atomic E-state index is 6.25. The molecule has 0 rings (SSSR count). The van der Waals surface area contributed by atoms with Crippen LogP contribution in [0.2, 0.25) is 0 Å². The summed E-state index contributed by atoms with van der Waals surface area (Å²) < 4.78 is 0. The van der Waals surface area contributed by atoms with Crippen LogP contribution in [0.3, 0.4) is 0 Å². The van der Waals surface area contributed by atoms with Crippen molar-refractivity contribution in [2.75, 3.05) is 0 Å². The zero-order valence-corrected chi connectivity index (χ0v) is 17.4. The van der Waals surface area contributed by atoms with Gasteiger partial charge in [-0.3, -0.25) is 0 Å². The van der Waals surface area contributed by atoms with Crippen molar-refractivity contribution >= 4 is 0 Å². The summed E-state index contributed by atoms with van der Waals surface area (Å²) in [6.45, 7) is 38.0. The maximum atomic E-state index is 6.25. The van der Waals surface area contributed by atoms with Gasteiger partial charge in [-0.25, -0.2) is 0 Å². The van der Waals surface area contributed by atoms with Crippen LogP contribution in [0.5, 0.6) is 0 Å². The van der Waals surface area contributed by atoms with Crippen LogP contribution in [-0.4, -0.2) is 0 Å². The van der Waals surface area contributed by atoms with Crippen molar-refractivity contribution in [3.05, 3.63) is 52.6 Å². The first kappa shape index (κ1) is 111. The van der Waals surface area contributed by atoms with Crippen LogP contribution in [-0.2, 0) is 42.1 Å². The van der Waals surface area contributed by atoms with E-state index in [1.807, 2.05) is 0 Å². The second-order valence-electron chi connectivity index (χ2n) is 0. The zero-order chi connectivity index (χ0) is 16.0. The largest absolute Gasteiger partial charge is 4.00 e. The summed E-state index contributed by atoms with van der Waals surface area (Å²) in [7, 11) is 0. The summed E-state index contributed by atoms with van der Waals surface area (Å²) in [6.07, 6.45) is 0. The predicted octanol–water partition coefficient (Wildman–Crippen LogP) is 0.766. The fourth-order valence-electron chi connectivity index (χ4n) is 0. The van der Waals surface area contributed by atoms with Crippen molar-refractivity contribution in [1.29, 1.82) is 42.1 Å². The molecule has 0 N–H and O–H groups in total. The van der Waals surface area contributed by atoms with Gasteiger partial charge in [-0.05, 0) is 0 Å². The van der Waals surface area contributed by atoms with Gasteiger partial charge >= 0.3 is 82.1 Å². The van der Waals surface area contributed by atoms with E-state index < -0.39 is 0 Å². The molecule has 0 bridgehead atoms. The summed E-state index contributed by atoms with van der Waals surface area (Å²) >= 11 is 0. The first-order valence-electron chi connectivity index (χ1n) is 1.79. The number of hydrogen-bond donors (Lipinski definition) is 0. The molecule has 0 aromatic heterocycles. The Morgan fingerprint density at radius 1 is 0.263 bits per heavy atom. The van der Waals surface area contributed by atoms with E-state index in [1.165, 1.54) is 0 Å². The Morgan fingerprint density at radius 2 is 0.263 bits per heavy atom. The van der Waals surface area contributed by atoms with Gasteiger partial charge < -0.3 is 94.7 Å². The first-order chi connectivity index (χ1) is 8.00. The van der Waals surface area contributed by atoms with Crippen LogP contribution in [0.4, 0.5) is 0 Å². The van der Waals surface area contributed by atoms with Gasteiger partial charge in [0.25, 0.3) is 0 Å². The molecular formula is C8N8Pt2Th. The molecule has 0 aromatic carbocycles. The van der Waals surface area contributed by atoms with E-state index in [1.54, 1.807) is 0 Å². The molecule has 0 unspecified atom stereocenters. The molecule has 11 heteroatoms. The fraction of sp³-hybridized carbons (Fsp3) is 0. The first-order valence-corrected chi connectivity index (χ1v) is 1.79. The Balaban J connectivity index is -0.00000000418. The molecule has 0 aliphatic carbocycles. The van der Waals surface area contributed by atoms with E-state index in [0.29, 0.717) is 0 Å². The summed E-state index contributed by atoms with van der Waals surface area (Å²) in [4.78, 5) is 0. The molecule has 0 saturated heterocycles. The summed E-state index contributed by atoms with van der Waals surface area (Å²) in [5, 5.41) is 50.0. The van der Waals surface area contributed by atoms with Gasteiger partial charge in [0, 0.05) is 0 Å². The Labute approximate surface area is 174 Å². The molecule has 19 heavy (non-hydrogen) atoms. The third kappa shape index (κ3) is 1870. The summed E-state index contributed by atoms with van der Waals surface area (Å²) in [6, 6.07) is 0. The van der Waals surface area contributed by atoms with Crippen LogP contribution < -0.4 is 0 Å². The van der Waals surface area contributed by atoms with Gasteiger partial charge in [-0.1, -0.05) is 0 Å². The van der Waals surface area contributed by atoms with E-state index >= 15 is 0 Å². The summed E-state index contributed by atoms with van der Waals surface area (Å²) in [5.41, 5.74) is 0. The van der Waals surface area contributed by atoms with Crippen LogP contribution >= 0.6 is 0 Å². The fourth-order valence-corrected chi connectivity index (χ4v) is 0. The van der Waals surface area contributed by atoms with Crippen molar-refractivity contribution < 1.29 is 82.1 Å². The van der Waals surface area contributed by atoms with Gasteiger partial charge in [0.15, 0.2) is 0 Å². The third-order valence-electron chi connectivity index (χ3n) is 0. The van der Waals surface area contributed by atoms with Crippen molar-refractivity contribution in [3.8, 4) is 0 Å². The SMILES string of the molecule is [C-]#N.[C-]#N.[C-]#N.[C-]#N.[C-]#N.[C-]#N.[C-]#N.[C-]#N.[Pt+2].[Pt+2].[Th+4]. The maximum Gasteiger partial charge on any atom is 4.00 e. The molecule has 96 valence electrons. The van der Waals surface area contributed by atoms with Gasteiger partial charge in [-0.2, -0.15) is 0 Å². The number of rotatable bonds is 0. The van der Waals surface area contributed by atoms with E-state index in [0.717, 1.165) is 0 Å².